The first-order chi connectivity index (χ1) is 7.70. The number of hydrogen-bond donors (Lipinski definition) is 1. The van der Waals surface area contributed by atoms with Gasteiger partial charge in [-0.1, -0.05) is 20.8 Å². The summed E-state index contributed by atoms with van der Waals surface area (Å²) in [5.41, 5.74) is 0. The van der Waals surface area contributed by atoms with E-state index < -0.39 is 0 Å². The first-order valence-corrected chi connectivity index (χ1v) is 6.66. The Labute approximate surface area is 101 Å². The van der Waals surface area contributed by atoms with Gasteiger partial charge in [-0.2, -0.15) is 0 Å². The highest BCUT2D eigenvalue weighted by atomic mass is 16.5. The third-order valence-electron chi connectivity index (χ3n) is 3.52. The van der Waals surface area contributed by atoms with Gasteiger partial charge in [0.2, 0.25) is 0 Å². The van der Waals surface area contributed by atoms with Gasteiger partial charge in [0.1, 0.15) is 0 Å². The van der Waals surface area contributed by atoms with Crippen molar-refractivity contribution in [3.63, 3.8) is 0 Å². The summed E-state index contributed by atoms with van der Waals surface area (Å²) in [4.78, 5) is 2.66. The van der Waals surface area contributed by atoms with Gasteiger partial charge in [0.15, 0.2) is 0 Å². The van der Waals surface area contributed by atoms with Crippen LogP contribution < -0.4 is 5.32 Å². The van der Waals surface area contributed by atoms with Crippen molar-refractivity contribution in [2.24, 2.45) is 5.92 Å². The van der Waals surface area contributed by atoms with Gasteiger partial charge in [0.05, 0.1) is 6.61 Å². The third kappa shape index (κ3) is 3.72. The molecule has 0 bridgehead atoms. The van der Waals surface area contributed by atoms with Gasteiger partial charge in [-0.05, 0) is 31.8 Å². The molecule has 0 aromatic rings. The maximum atomic E-state index is 5.39. The van der Waals surface area contributed by atoms with Crippen LogP contribution in [0.15, 0.2) is 0 Å². The monoisotopic (exact) mass is 228 g/mol. The Morgan fingerprint density at radius 3 is 2.62 bits per heavy atom. The average molecular weight is 228 g/mol. The van der Waals surface area contributed by atoms with E-state index in [1.807, 2.05) is 7.11 Å². The fraction of sp³-hybridized carbons (Fsp3) is 1.00. The summed E-state index contributed by atoms with van der Waals surface area (Å²) in [6, 6.07) is 1.28. The third-order valence-corrected chi connectivity index (χ3v) is 3.52. The van der Waals surface area contributed by atoms with Crippen LogP contribution >= 0.6 is 0 Å². The van der Waals surface area contributed by atoms with Gasteiger partial charge in [0.25, 0.3) is 0 Å². The molecule has 0 spiro atoms. The van der Waals surface area contributed by atoms with Crippen molar-refractivity contribution in [1.29, 1.82) is 0 Å². The maximum Gasteiger partial charge on any atom is 0.0620 e. The van der Waals surface area contributed by atoms with E-state index in [4.69, 9.17) is 4.74 Å². The molecule has 0 aromatic heterocycles. The lowest BCUT2D eigenvalue weighted by molar-refractivity contribution is 0.0408. The molecule has 0 amide bonds. The highest BCUT2D eigenvalue weighted by molar-refractivity contribution is 4.86. The molecule has 0 saturated carbocycles. The number of ether oxygens (including phenoxy) is 1. The quantitative estimate of drug-likeness (QED) is 0.718. The van der Waals surface area contributed by atoms with Crippen molar-refractivity contribution in [1.82, 2.24) is 10.2 Å². The summed E-state index contributed by atoms with van der Waals surface area (Å²) < 4.78 is 5.39. The zero-order valence-corrected chi connectivity index (χ0v) is 11.3. The summed E-state index contributed by atoms with van der Waals surface area (Å²) in [5, 5.41) is 3.46. The molecule has 1 aliphatic rings. The second kappa shape index (κ2) is 7.25. The lowest BCUT2D eigenvalue weighted by Gasteiger charge is -2.38. The summed E-state index contributed by atoms with van der Waals surface area (Å²) >= 11 is 0. The number of hydrogen-bond acceptors (Lipinski definition) is 3. The van der Waals surface area contributed by atoms with Crippen LogP contribution in [-0.4, -0.2) is 50.3 Å². The highest BCUT2D eigenvalue weighted by Crippen LogP contribution is 2.18. The second-order valence-electron chi connectivity index (χ2n) is 5.15. The molecular formula is C13H28N2O. The van der Waals surface area contributed by atoms with E-state index in [-0.39, 0.29) is 0 Å². The van der Waals surface area contributed by atoms with Crippen molar-refractivity contribution >= 4 is 0 Å². The minimum absolute atomic E-state index is 0.565. The van der Waals surface area contributed by atoms with E-state index in [2.05, 4.69) is 31.0 Å². The molecule has 96 valence electrons. The SMILES string of the molecule is CCCN(C1CCNC1)C(COC)C(C)C. The van der Waals surface area contributed by atoms with Crippen LogP contribution in [0.4, 0.5) is 0 Å². The minimum Gasteiger partial charge on any atom is -0.383 e. The molecule has 3 nitrogen and oxygen atoms in total. The van der Waals surface area contributed by atoms with E-state index >= 15 is 0 Å². The standard InChI is InChI=1S/C13H28N2O/c1-5-8-15(12-6-7-14-9-12)13(10-16-4)11(2)3/h11-14H,5-10H2,1-4H3. The Morgan fingerprint density at radius 1 is 1.44 bits per heavy atom. The fourth-order valence-corrected chi connectivity index (χ4v) is 2.64. The van der Waals surface area contributed by atoms with Gasteiger partial charge in [-0.25, -0.2) is 0 Å². The van der Waals surface area contributed by atoms with E-state index in [0.717, 1.165) is 13.2 Å². The van der Waals surface area contributed by atoms with Gasteiger partial charge >= 0.3 is 0 Å². The van der Waals surface area contributed by atoms with Crippen LogP contribution in [0.1, 0.15) is 33.6 Å². The van der Waals surface area contributed by atoms with Crippen molar-refractivity contribution in [3.05, 3.63) is 0 Å². The highest BCUT2D eigenvalue weighted by Gasteiger charge is 2.29. The Morgan fingerprint density at radius 2 is 2.19 bits per heavy atom. The van der Waals surface area contributed by atoms with Crippen molar-refractivity contribution in [2.75, 3.05) is 33.4 Å². The van der Waals surface area contributed by atoms with E-state index in [1.54, 1.807) is 0 Å². The molecule has 0 aromatic carbocycles. The number of methoxy groups -OCH3 is 1. The normalized spacial score (nSPS) is 23.2. The van der Waals surface area contributed by atoms with Crippen molar-refractivity contribution in [3.8, 4) is 0 Å². The molecular weight excluding hydrogens is 200 g/mol. The predicted octanol–water partition coefficient (Wildman–Crippen LogP) is 1.73. The van der Waals surface area contributed by atoms with Gasteiger partial charge in [0, 0.05) is 25.7 Å². The van der Waals surface area contributed by atoms with Crippen LogP contribution in [0.5, 0.6) is 0 Å². The number of nitrogens with zero attached hydrogens (tertiary/aromatic N) is 1. The number of rotatable bonds is 7. The topological polar surface area (TPSA) is 24.5 Å². The van der Waals surface area contributed by atoms with Crippen LogP contribution in [0.2, 0.25) is 0 Å². The van der Waals surface area contributed by atoms with Crippen molar-refractivity contribution in [2.45, 2.75) is 45.7 Å². The fourth-order valence-electron chi connectivity index (χ4n) is 2.64. The molecule has 1 N–H and O–H groups in total. The van der Waals surface area contributed by atoms with Crippen LogP contribution in [0.3, 0.4) is 0 Å². The second-order valence-corrected chi connectivity index (χ2v) is 5.15. The lowest BCUT2D eigenvalue weighted by Crippen LogP contribution is -2.49. The Bertz CT molecular complexity index is 179. The zero-order valence-electron chi connectivity index (χ0n) is 11.3. The molecule has 1 aliphatic heterocycles. The largest absolute Gasteiger partial charge is 0.383 e. The molecule has 2 atom stereocenters. The van der Waals surface area contributed by atoms with E-state index in [9.17, 15) is 0 Å². The molecule has 16 heavy (non-hydrogen) atoms. The molecule has 0 aliphatic carbocycles. The summed E-state index contributed by atoms with van der Waals surface area (Å²) in [7, 11) is 1.81. The number of nitrogens with one attached hydrogen (secondary N) is 1. The molecule has 1 heterocycles. The lowest BCUT2D eigenvalue weighted by atomic mass is 10.0. The summed E-state index contributed by atoms with van der Waals surface area (Å²) in [6.07, 6.45) is 2.51. The Kier molecular flexibility index (Phi) is 6.32. The summed E-state index contributed by atoms with van der Waals surface area (Å²) in [6.45, 7) is 11.2. The Hall–Kier alpha value is -0.120. The molecule has 0 radical (unpaired) electrons. The molecule has 1 rings (SSSR count). The van der Waals surface area contributed by atoms with E-state index in [0.29, 0.717) is 18.0 Å². The summed E-state index contributed by atoms with van der Waals surface area (Å²) in [5.74, 6) is 0.659. The first kappa shape index (κ1) is 13.9. The predicted molar refractivity (Wildman–Crippen MR) is 68.8 cm³/mol. The van der Waals surface area contributed by atoms with Crippen molar-refractivity contribution < 1.29 is 4.74 Å². The van der Waals surface area contributed by atoms with Crippen LogP contribution in [0.25, 0.3) is 0 Å². The van der Waals surface area contributed by atoms with Gasteiger partial charge in [-0.15, -0.1) is 0 Å². The smallest absolute Gasteiger partial charge is 0.0620 e. The zero-order chi connectivity index (χ0) is 12.0. The molecule has 3 heteroatoms. The average Bonchev–Trinajstić information content (AvgIpc) is 2.76. The first-order valence-electron chi connectivity index (χ1n) is 6.66. The van der Waals surface area contributed by atoms with Gasteiger partial charge in [-0.3, -0.25) is 4.90 Å². The van der Waals surface area contributed by atoms with E-state index in [1.165, 1.54) is 25.9 Å². The van der Waals surface area contributed by atoms with Gasteiger partial charge < -0.3 is 10.1 Å². The van der Waals surface area contributed by atoms with Crippen LogP contribution in [0, 0.1) is 5.92 Å². The molecule has 1 fully saturated rings. The molecule has 2 unspecified atom stereocenters. The minimum atomic E-state index is 0.565. The van der Waals surface area contributed by atoms with Crippen LogP contribution in [-0.2, 0) is 4.74 Å². The molecule has 1 saturated heterocycles. The maximum absolute atomic E-state index is 5.39. The Balaban J connectivity index is 2.63.